The molecule has 0 aromatic carbocycles. The van der Waals surface area contributed by atoms with Crippen LogP contribution in [0.1, 0.15) is 24.6 Å². The third kappa shape index (κ3) is 3.33. The zero-order chi connectivity index (χ0) is 13.8. The molecule has 5 nitrogen and oxygen atoms in total. The van der Waals surface area contributed by atoms with E-state index < -0.39 is 0 Å². The van der Waals surface area contributed by atoms with Crippen LogP contribution in [-0.4, -0.2) is 29.7 Å². The summed E-state index contributed by atoms with van der Waals surface area (Å²) >= 11 is 1.63. The van der Waals surface area contributed by atoms with Gasteiger partial charge in [-0.1, -0.05) is 13.3 Å². The Morgan fingerprint density at radius 3 is 2.95 bits per heavy atom. The molecule has 104 valence electrons. The highest BCUT2D eigenvalue weighted by molar-refractivity contribution is 7.18. The van der Waals surface area contributed by atoms with Crippen LogP contribution < -0.4 is 11.1 Å². The lowest BCUT2D eigenvalue weighted by molar-refractivity contribution is 0.182. The van der Waals surface area contributed by atoms with Gasteiger partial charge in [0.1, 0.15) is 10.6 Å². The Morgan fingerprint density at radius 1 is 1.47 bits per heavy atom. The van der Waals surface area contributed by atoms with Gasteiger partial charge in [0.2, 0.25) is 5.95 Å². The number of ether oxygens (including phenoxy) is 1. The van der Waals surface area contributed by atoms with Gasteiger partial charge in [-0.3, -0.25) is 0 Å². The van der Waals surface area contributed by atoms with Crippen LogP contribution in [0.2, 0.25) is 0 Å². The first-order valence-corrected chi connectivity index (χ1v) is 7.24. The van der Waals surface area contributed by atoms with Gasteiger partial charge in [0, 0.05) is 12.0 Å². The van der Waals surface area contributed by atoms with Crippen LogP contribution in [0.3, 0.4) is 0 Å². The minimum atomic E-state index is 0.243. The molecule has 0 radical (unpaired) electrons. The number of hydrogen-bond donors (Lipinski definition) is 2. The van der Waals surface area contributed by atoms with E-state index in [0.29, 0.717) is 12.6 Å². The molecule has 0 saturated carbocycles. The molecular weight excluding hydrogens is 260 g/mol. The Balaban J connectivity index is 2.32. The third-order valence-corrected chi connectivity index (χ3v) is 3.82. The SMILES string of the molecule is CCCC(COC)Nc1nc(N)nc2sc(C)cc12. The lowest BCUT2D eigenvalue weighted by Gasteiger charge is -2.18. The van der Waals surface area contributed by atoms with Gasteiger partial charge in [-0.2, -0.15) is 4.98 Å². The van der Waals surface area contributed by atoms with Crippen molar-refractivity contribution in [1.82, 2.24) is 9.97 Å². The maximum Gasteiger partial charge on any atom is 0.223 e. The largest absolute Gasteiger partial charge is 0.383 e. The zero-order valence-corrected chi connectivity index (χ0v) is 12.4. The lowest BCUT2D eigenvalue weighted by Crippen LogP contribution is -2.25. The average Bonchev–Trinajstić information content (AvgIpc) is 2.70. The molecule has 2 rings (SSSR count). The van der Waals surface area contributed by atoms with E-state index in [-0.39, 0.29) is 6.04 Å². The van der Waals surface area contributed by atoms with Gasteiger partial charge in [-0.05, 0) is 19.4 Å². The standard InChI is InChI=1S/C13H20N4OS/c1-4-5-9(7-18-3)15-11-10-6-8(2)19-12(10)17-13(14)16-11/h6,9H,4-5,7H2,1-3H3,(H3,14,15,16,17). The normalized spacial score (nSPS) is 12.8. The second-order valence-electron chi connectivity index (χ2n) is 4.59. The highest BCUT2D eigenvalue weighted by atomic mass is 32.1. The third-order valence-electron chi connectivity index (χ3n) is 2.88. The second-order valence-corrected chi connectivity index (χ2v) is 5.83. The lowest BCUT2D eigenvalue weighted by atomic mass is 10.2. The summed E-state index contributed by atoms with van der Waals surface area (Å²) < 4.78 is 5.24. The van der Waals surface area contributed by atoms with Gasteiger partial charge >= 0.3 is 0 Å². The molecule has 0 aliphatic heterocycles. The van der Waals surface area contributed by atoms with Crippen molar-refractivity contribution in [2.45, 2.75) is 32.7 Å². The molecule has 19 heavy (non-hydrogen) atoms. The van der Waals surface area contributed by atoms with Crippen LogP contribution in [0.4, 0.5) is 11.8 Å². The van der Waals surface area contributed by atoms with Gasteiger partial charge in [-0.25, -0.2) is 4.98 Å². The van der Waals surface area contributed by atoms with Gasteiger partial charge in [-0.15, -0.1) is 11.3 Å². The molecule has 0 spiro atoms. The molecule has 2 heterocycles. The molecule has 2 aromatic rings. The fourth-order valence-corrected chi connectivity index (χ4v) is 3.00. The molecule has 0 aliphatic rings. The molecule has 2 aromatic heterocycles. The zero-order valence-electron chi connectivity index (χ0n) is 11.6. The topological polar surface area (TPSA) is 73.1 Å². The Labute approximate surface area is 117 Å². The number of nitrogen functional groups attached to an aromatic ring is 1. The minimum absolute atomic E-state index is 0.243. The molecule has 3 N–H and O–H groups in total. The second kappa shape index (κ2) is 6.16. The Hall–Kier alpha value is -1.40. The average molecular weight is 280 g/mol. The maximum absolute atomic E-state index is 5.77. The number of methoxy groups -OCH3 is 1. The van der Waals surface area contributed by atoms with Crippen molar-refractivity contribution in [2.24, 2.45) is 0 Å². The van der Waals surface area contributed by atoms with E-state index in [9.17, 15) is 0 Å². The summed E-state index contributed by atoms with van der Waals surface area (Å²) in [4.78, 5) is 10.7. The summed E-state index contributed by atoms with van der Waals surface area (Å²) in [5.41, 5.74) is 5.77. The van der Waals surface area contributed by atoms with Gasteiger partial charge < -0.3 is 15.8 Å². The van der Waals surface area contributed by atoms with Crippen molar-refractivity contribution in [3.8, 4) is 0 Å². The number of nitrogens with two attached hydrogens (primary N) is 1. The quantitative estimate of drug-likeness (QED) is 0.851. The number of rotatable bonds is 6. The highest BCUT2D eigenvalue weighted by Gasteiger charge is 2.13. The van der Waals surface area contributed by atoms with Crippen LogP contribution in [0.25, 0.3) is 10.2 Å². The van der Waals surface area contributed by atoms with Crippen LogP contribution >= 0.6 is 11.3 Å². The molecule has 6 heteroatoms. The van der Waals surface area contributed by atoms with Crippen molar-refractivity contribution >= 4 is 33.3 Å². The van der Waals surface area contributed by atoms with Crippen molar-refractivity contribution in [1.29, 1.82) is 0 Å². The first kappa shape index (κ1) is 14.0. The summed E-state index contributed by atoms with van der Waals surface area (Å²) in [6.45, 7) is 4.87. The fraction of sp³-hybridized carbons (Fsp3) is 0.538. The van der Waals surface area contributed by atoms with Crippen molar-refractivity contribution in [2.75, 3.05) is 24.8 Å². The number of hydrogen-bond acceptors (Lipinski definition) is 6. The van der Waals surface area contributed by atoms with E-state index in [1.807, 2.05) is 0 Å². The molecule has 1 atom stereocenters. The van der Waals surface area contributed by atoms with Crippen molar-refractivity contribution in [3.05, 3.63) is 10.9 Å². The smallest absolute Gasteiger partial charge is 0.223 e. The minimum Gasteiger partial charge on any atom is -0.383 e. The van der Waals surface area contributed by atoms with Crippen molar-refractivity contribution in [3.63, 3.8) is 0 Å². The van der Waals surface area contributed by atoms with Crippen LogP contribution in [-0.2, 0) is 4.74 Å². The Kier molecular flexibility index (Phi) is 4.55. The van der Waals surface area contributed by atoms with Crippen molar-refractivity contribution < 1.29 is 4.74 Å². The number of aryl methyl sites for hydroxylation is 1. The summed E-state index contributed by atoms with van der Waals surface area (Å²) in [7, 11) is 1.71. The molecule has 0 bridgehead atoms. The molecular formula is C13H20N4OS. The van der Waals surface area contributed by atoms with Gasteiger partial charge in [0.15, 0.2) is 0 Å². The Morgan fingerprint density at radius 2 is 2.26 bits per heavy atom. The molecule has 0 fully saturated rings. The van der Waals surface area contributed by atoms with Gasteiger partial charge in [0.25, 0.3) is 0 Å². The Bertz CT molecular complexity index is 549. The summed E-state index contributed by atoms with van der Waals surface area (Å²) in [6, 6.07) is 2.34. The number of nitrogens with one attached hydrogen (secondary N) is 1. The first-order chi connectivity index (χ1) is 9.13. The fourth-order valence-electron chi connectivity index (χ4n) is 2.11. The summed E-state index contributed by atoms with van der Waals surface area (Å²) in [6.07, 6.45) is 2.12. The molecule has 0 aliphatic carbocycles. The number of anilines is 2. The van der Waals surface area contributed by atoms with E-state index in [2.05, 4.69) is 35.2 Å². The number of nitrogens with zero attached hydrogens (tertiary/aromatic N) is 2. The highest BCUT2D eigenvalue weighted by Crippen LogP contribution is 2.29. The van der Waals surface area contributed by atoms with Crippen LogP contribution in [0, 0.1) is 6.92 Å². The molecule has 0 saturated heterocycles. The summed E-state index contributed by atoms with van der Waals surface area (Å²) in [5.74, 6) is 1.12. The molecule has 1 unspecified atom stereocenters. The number of aromatic nitrogens is 2. The predicted octanol–water partition coefficient (Wildman–Crippen LogP) is 2.81. The van der Waals surface area contributed by atoms with E-state index in [0.717, 1.165) is 28.9 Å². The monoisotopic (exact) mass is 280 g/mol. The molecule has 0 amide bonds. The summed E-state index contributed by atoms with van der Waals surface area (Å²) in [5, 5.41) is 4.46. The maximum atomic E-state index is 5.77. The van der Waals surface area contributed by atoms with Crippen LogP contribution in [0.15, 0.2) is 6.07 Å². The predicted molar refractivity (Wildman–Crippen MR) is 80.8 cm³/mol. The van der Waals surface area contributed by atoms with E-state index in [1.54, 1.807) is 18.4 Å². The van der Waals surface area contributed by atoms with Crippen LogP contribution in [0.5, 0.6) is 0 Å². The van der Waals surface area contributed by atoms with E-state index in [4.69, 9.17) is 10.5 Å². The number of fused-ring (bicyclic) bond motifs is 1. The number of thiophene rings is 1. The first-order valence-electron chi connectivity index (χ1n) is 6.43. The van der Waals surface area contributed by atoms with E-state index in [1.165, 1.54) is 4.88 Å². The van der Waals surface area contributed by atoms with Gasteiger partial charge in [0.05, 0.1) is 18.0 Å². The van der Waals surface area contributed by atoms with E-state index >= 15 is 0 Å².